The molecule has 0 unspecified atom stereocenters. The topological polar surface area (TPSA) is 42.4 Å². The third kappa shape index (κ3) is 3.29. The Bertz CT molecular complexity index is 751. The average molecular weight is 328 g/mol. The number of hydrogen-bond acceptors (Lipinski definition) is 4. The number of hydrogen-bond donors (Lipinski definition) is 0. The van der Waals surface area contributed by atoms with Gasteiger partial charge in [0.1, 0.15) is 5.75 Å². The van der Waals surface area contributed by atoms with Crippen LogP contribution >= 0.6 is 11.3 Å². The number of aryl methyl sites for hydroxylation is 1. The quantitative estimate of drug-likeness (QED) is 0.777. The number of benzene rings is 1. The maximum atomic E-state index is 12.2. The zero-order chi connectivity index (χ0) is 16.4. The fourth-order valence-electron chi connectivity index (χ4n) is 2.58. The Morgan fingerprint density at radius 2 is 2.30 bits per heavy atom. The second-order valence-corrected chi connectivity index (χ2v) is 6.73. The Hall–Kier alpha value is -2.14. The van der Waals surface area contributed by atoms with Crippen LogP contribution in [0.1, 0.15) is 25.3 Å². The highest BCUT2D eigenvalue weighted by Gasteiger charge is 2.26. The Balaban J connectivity index is 1.97. The molecule has 120 valence electrons. The van der Waals surface area contributed by atoms with Crippen molar-refractivity contribution < 1.29 is 9.53 Å². The fraction of sp³-hybridized carbons (Fsp3) is 0.333. The van der Waals surface area contributed by atoms with E-state index in [2.05, 4.69) is 23.9 Å². The van der Waals surface area contributed by atoms with Crippen molar-refractivity contribution in [2.24, 2.45) is 0 Å². The molecule has 0 aliphatic carbocycles. The zero-order valence-electron chi connectivity index (χ0n) is 13.5. The molecule has 3 rings (SSSR count). The second-order valence-electron chi connectivity index (χ2n) is 5.78. The summed E-state index contributed by atoms with van der Waals surface area (Å²) in [6, 6.07) is 5.90. The molecule has 4 nitrogen and oxygen atoms in total. The van der Waals surface area contributed by atoms with Crippen LogP contribution in [-0.4, -0.2) is 24.0 Å². The normalized spacial score (nSPS) is 13.7. The number of amides is 1. The minimum Gasteiger partial charge on any atom is -0.482 e. The van der Waals surface area contributed by atoms with Crippen LogP contribution in [0.2, 0.25) is 0 Å². The van der Waals surface area contributed by atoms with Gasteiger partial charge in [0, 0.05) is 17.5 Å². The number of carbonyl (C=O) groups excluding carboxylic acids is 1. The molecule has 1 aromatic heterocycles. The van der Waals surface area contributed by atoms with Crippen LogP contribution in [0.3, 0.4) is 0 Å². The van der Waals surface area contributed by atoms with E-state index in [4.69, 9.17) is 4.74 Å². The molecule has 0 fully saturated rings. The van der Waals surface area contributed by atoms with E-state index in [1.54, 1.807) is 16.2 Å². The van der Waals surface area contributed by atoms with Gasteiger partial charge in [-0.1, -0.05) is 19.1 Å². The minimum absolute atomic E-state index is 0.0393. The van der Waals surface area contributed by atoms with Crippen LogP contribution in [0.5, 0.6) is 5.75 Å². The van der Waals surface area contributed by atoms with E-state index in [1.165, 1.54) is 0 Å². The van der Waals surface area contributed by atoms with Crippen LogP contribution in [-0.2, 0) is 11.2 Å². The van der Waals surface area contributed by atoms with E-state index in [0.717, 1.165) is 46.1 Å². The molecule has 0 saturated carbocycles. The van der Waals surface area contributed by atoms with Crippen LogP contribution in [0, 0.1) is 0 Å². The van der Waals surface area contributed by atoms with Crippen molar-refractivity contribution in [3.63, 3.8) is 0 Å². The summed E-state index contributed by atoms with van der Waals surface area (Å²) in [5.74, 6) is 0.696. The Morgan fingerprint density at radius 1 is 1.48 bits per heavy atom. The summed E-state index contributed by atoms with van der Waals surface area (Å²) in [6.07, 6.45) is 2.09. The van der Waals surface area contributed by atoms with Crippen molar-refractivity contribution in [2.75, 3.05) is 18.1 Å². The number of ether oxygens (including phenoxy) is 1. The molecule has 0 bridgehead atoms. The SMILES string of the molecule is C=C(C)CN1C(=O)COc2ccc(-c3csc(CCC)n3)cc21. The van der Waals surface area contributed by atoms with E-state index in [0.29, 0.717) is 6.54 Å². The van der Waals surface area contributed by atoms with E-state index >= 15 is 0 Å². The molecule has 0 spiro atoms. The molecule has 2 aromatic rings. The number of anilines is 1. The van der Waals surface area contributed by atoms with Crippen molar-refractivity contribution in [3.8, 4) is 17.0 Å². The van der Waals surface area contributed by atoms with Crippen molar-refractivity contribution in [1.29, 1.82) is 0 Å². The van der Waals surface area contributed by atoms with Gasteiger partial charge in [0.2, 0.25) is 0 Å². The number of fused-ring (bicyclic) bond motifs is 1. The van der Waals surface area contributed by atoms with Crippen molar-refractivity contribution in [1.82, 2.24) is 4.98 Å². The molecule has 1 amide bonds. The van der Waals surface area contributed by atoms with E-state index in [9.17, 15) is 4.79 Å². The molecule has 23 heavy (non-hydrogen) atoms. The largest absolute Gasteiger partial charge is 0.482 e. The molecule has 0 radical (unpaired) electrons. The first-order valence-electron chi connectivity index (χ1n) is 7.75. The third-order valence-electron chi connectivity index (χ3n) is 3.64. The summed E-state index contributed by atoms with van der Waals surface area (Å²) in [5, 5.41) is 3.22. The predicted octanol–water partition coefficient (Wildman–Crippen LogP) is 4.06. The molecule has 1 aromatic carbocycles. The van der Waals surface area contributed by atoms with Gasteiger partial charge in [0.25, 0.3) is 5.91 Å². The lowest BCUT2D eigenvalue weighted by Gasteiger charge is -2.29. The molecular weight excluding hydrogens is 308 g/mol. The lowest BCUT2D eigenvalue weighted by atomic mass is 10.1. The van der Waals surface area contributed by atoms with Gasteiger partial charge in [-0.3, -0.25) is 4.79 Å². The molecule has 0 saturated heterocycles. The first-order valence-corrected chi connectivity index (χ1v) is 8.63. The van der Waals surface area contributed by atoms with Gasteiger partial charge in [-0.25, -0.2) is 4.98 Å². The van der Waals surface area contributed by atoms with Gasteiger partial charge in [0.05, 0.1) is 16.4 Å². The van der Waals surface area contributed by atoms with E-state index in [-0.39, 0.29) is 12.5 Å². The average Bonchev–Trinajstić information content (AvgIpc) is 2.98. The van der Waals surface area contributed by atoms with Crippen LogP contribution in [0.25, 0.3) is 11.3 Å². The Morgan fingerprint density at radius 3 is 3.04 bits per heavy atom. The van der Waals surface area contributed by atoms with Crippen molar-refractivity contribution >= 4 is 22.9 Å². The van der Waals surface area contributed by atoms with Gasteiger partial charge in [-0.15, -0.1) is 11.3 Å². The highest BCUT2D eigenvalue weighted by Crippen LogP contribution is 2.36. The summed E-state index contributed by atoms with van der Waals surface area (Å²) in [5.41, 5.74) is 3.70. The zero-order valence-corrected chi connectivity index (χ0v) is 14.3. The molecule has 1 aliphatic rings. The number of carbonyl (C=O) groups is 1. The van der Waals surface area contributed by atoms with Crippen molar-refractivity contribution in [3.05, 3.63) is 40.7 Å². The molecule has 0 N–H and O–H groups in total. The number of thiazole rings is 1. The highest BCUT2D eigenvalue weighted by atomic mass is 32.1. The number of aromatic nitrogens is 1. The number of nitrogens with zero attached hydrogens (tertiary/aromatic N) is 2. The highest BCUT2D eigenvalue weighted by molar-refractivity contribution is 7.09. The third-order valence-corrected chi connectivity index (χ3v) is 4.55. The maximum absolute atomic E-state index is 12.2. The molecule has 5 heteroatoms. The first kappa shape index (κ1) is 15.7. The van der Waals surface area contributed by atoms with Gasteiger partial charge >= 0.3 is 0 Å². The molecular formula is C18H20N2O2S. The number of rotatable bonds is 5. The summed E-state index contributed by atoms with van der Waals surface area (Å²) < 4.78 is 5.54. The molecule has 1 aliphatic heterocycles. The van der Waals surface area contributed by atoms with Gasteiger partial charge in [0.15, 0.2) is 6.61 Å². The molecule has 2 heterocycles. The van der Waals surface area contributed by atoms with Crippen LogP contribution in [0.15, 0.2) is 35.7 Å². The van der Waals surface area contributed by atoms with Crippen LogP contribution < -0.4 is 9.64 Å². The lowest BCUT2D eigenvalue weighted by molar-refractivity contribution is -0.121. The van der Waals surface area contributed by atoms with E-state index in [1.807, 2.05) is 25.1 Å². The van der Waals surface area contributed by atoms with Gasteiger partial charge in [-0.05, 0) is 38.0 Å². The Kier molecular flexibility index (Phi) is 4.48. The van der Waals surface area contributed by atoms with Gasteiger partial charge < -0.3 is 9.64 Å². The fourth-order valence-corrected chi connectivity index (χ4v) is 3.49. The van der Waals surface area contributed by atoms with Crippen LogP contribution in [0.4, 0.5) is 5.69 Å². The first-order chi connectivity index (χ1) is 11.1. The maximum Gasteiger partial charge on any atom is 0.265 e. The van der Waals surface area contributed by atoms with Crippen molar-refractivity contribution in [2.45, 2.75) is 26.7 Å². The smallest absolute Gasteiger partial charge is 0.265 e. The van der Waals surface area contributed by atoms with E-state index < -0.39 is 0 Å². The minimum atomic E-state index is -0.0393. The summed E-state index contributed by atoms with van der Waals surface area (Å²) in [6.45, 7) is 8.58. The van der Waals surface area contributed by atoms with Gasteiger partial charge in [-0.2, -0.15) is 0 Å². The second kappa shape index (κ2) is 6.54. The predicted molar refractivity (Wildman–Crippen MR) is 94.2 cm³/mol. The Labute approximate surface area is 140 Å². The standard InChI is InChI=1S/C18H20N2O2S/c1-4-5-17-19-14(11-23-17)13-6-7-16-15(8-13)20(9-12(2)3)18(21)10-22-16/h6-8,11H,2,4-5,9-10H2,1,3H3. The monoisotopic (exact) mass is 328 g/mol. The molecule has 0 atom stereocenters. The lowest BCUT2D eigenvalue weighted by Crippen LogP contribution is -2.39. The summed E-state index contributed by atoms with van der Waals surface area (Å²) >= 11 is 1.68. The summed E-state index contributed by atoms with van der Waals surface area (Å²) in [4.78, 5) is 18.6. The summed E-state index contributed by atoms with van der Waals surface area (Å²) in [7, 11) is 0.